The van der Waals surface area contributed by atoms with Gasteiger partial charge in [0.1, 0.15) is 17.2 Å². The Morgan fingerprint density at radius 3 is 1.88 bits per heavy atom. The van der Waals surface area contributed by atoms with Crippen molar-refractivity contribution < 1.29 is 30.0 Å². The second-order valence-corrected chi connectivity index (χ2v) is 12.7. The van der Waals surface area contributed by atoms with Gasteiger partial charge in [-0.2, -0.15) is 0 Å². The first kappa shape index (κ1) is 25.0. The van der Waals surface area contributed by atoms with Crippen LogP contribution in [0.3, 0.4) is 0 Å². The SMILES string of the molecule is CC(C)CC(c1c(O)c(C=O)c(O)c(C=O)c1O)[C@@]1(C)CC[C@@H]2[C@H]1[C@H]1[C@@H](CC[C@@]2(C)O)C1(C)C. The molecule has 4 rings (SSSR count). The van der Waals surface area contributed by atoms with Crippen LogP contribution in [0.5, 0.6) is 17.2 Å². The molecule has 0 saturated heterocycles. The summed E-state index contributed by atoms with van der Waals surface area (Å²) in [6, 6.07) is 0. The molecule has 0 heterocycles. The molecule has 0 amide bonds. The van der Waals surface area contributed by atoms with E-state index in [1.54, 1.807) is 0 Å². The van der Waals surface area contributed by atoms with Gasteiger partial charge in [0.05, 0.1) is 16.7 Å². The summed E-state index contributed by atoms with van der Waals surface area (Å²) in [7, 11) is 0. The molecule has 0 radical (unpaired) electrons. The van der Waals surface area contributed by atoms with Crippen LogP contribution >= 0.6 is 0 Å². The van der Waals surface area contributed by atoms with Crippen LogP contribution in [0.25, 0.3) is 0 Å². The van der Waals surface area contributed by atoms with Crippen LogP contribution in [0, 0.1) is 40.4 Å². The monoisotopic (exact) mass is 472 g/mol. The molecule has 0 aromatic heterocycles. The molecule has 7 atom stereocenters. The van der Waals surface area contributed by atoms with Crippen molar-refractivity contribution in [1.29, 1.82) is 0 Å². The summed E-state index contributed by atoms with van der Waals surface area (Å²) < 4.78 is 0. The van der Waals surface area contributed by atoms with E-state index in [9.17, 15) is 30.0 Å². The number of carbonyl (C=O) groups excluding carboxylic acids is 2. The maximum absolute atomic E-state index is 11.8. The van der Waals surface area contributed by atoms with Crippen molar-refractivity contribution in [2.45, 2.75) is 85.2 Å². The van der Waals surface area contributed by atoms with Gasteiger partial charge < -0.3 is 20.4 Å². The fraction of sp³-hybridized carbons (Fsp3) is 0.714. The minimum Gasteiger partial charge on any atom is -0.507 e. The molecule has 1 aromatic carbocycles. The van der Waals surface area contributed by atoms with E-state index < -0.39 is 22.8 Å². The molecule has 34 heavy (non-hydrogen) atoms. The van der Waals surface area contributed by atoms with E-state index in [0.717, 1.165) is 25.7 Å². The standard InChI is InChI=1S/C28H40O6/c1-14(2)11-19(20-24(32)15(12-29)23(31)16(13-30)25(20)33)27(5)9-7-18-22(27)21-17(26(21,3)4)8-10-28(18,6)34/h12-14,17-19,21-22,31-34H,7-11H2,1-6H3/t17-,18-,19?,21-,22+,27-,28-/m1/s1. The summed E-state index contributed by atoms with van der Waals surface area (Å²) in [5.41, 5.74) is -1.55. The molecule has 1 aromatic rings. The van der Waals surface area contributed by atoms with Gasteiger partial charge in [0, 0.05) is 5.56 Å². The molecule has 1 unspecified atom stereocenters. The number of hydrogen-bond donors (Lipinski definition) is 4. The maximum atomic E-state index is 11.8. The molecule has 3 saturated carbocycles. The van der Waals surface area contributed by atoms with E-state index in [4.69, 9.17) is 0 Å². The highest BCUT2D eigenvalue weighted by Gasteiger charge is 2.70. The smallest absolute Gasteiger partial charge is 0.157 e. The molecule has 6 nitrogen and oxygen atoms in total. The number of fused-ring (bicyclic) bond motifs is 3. The minimum absolute atomic E-state index is 0.0985. The summed E-state index contributed by atoms with van der Waals surface area (Å²) in [6.45, 7) is 12.9. The van der Waals surface area contributed by atoms with Crippen molar-refractivity contribution in [3.8, 4) is 17.2 Å². The van der Waals surface area contributed by atoms with Crippen LogP contribution in [0.15, 0.2) is 0 Å². The number of phenols is 3. The lowest BCUT2D eigenvalue weighted by Crippen LogP contribution is -2.42. The van der Waals surface area contributed by atoms with Crippen molar-refractivity contribution in [2.24, 2.45) is 40.4 Å². The normalized spacial score (nSPS) is 36.9. The summed E-state index contributed by atoms with van der Waals surface area (Å²) in [6.07, 6.45) is 4.71. The van der Waals surface area contributed by atoms with E-state index in [2.05, 4.69) is 34.6 Å². The predicted octanol–water partition coefficient (Wildman–Crippen LogP) is 5.41. The topological polar surface area (TPSA) is 115 Å². The summed E-state index contributed by atoms with van der Waals surface area (Å²) in [5.74, 6) is -0.524. The molecule has 0 aliphatic heterocycles. The zero-order valence-electron chi connectivity index (χ0n) is 21.3. The highest BCUT2D eigenvalue weighted by atomic mass is 16.3. The van der Waals surface area contributed by atoms with Crippen LogP contribution in [0.4, 0.5) is 0 Å². The van der Waals surface area contributed by atoms with Gasteiger partial charge in [-0.25, -0.2) is 0 Å². The Morgan fingerprint density at radius 2 is 1.38 bits per heavy atom. The minimum atomic E-state index is -0.782. The van der Waals surface area contributed by atoms with Crippen molar-refractivity contribution in [2.75, 3.05) is 0 Å². The first-order valence-corrected chi connectivity index (χ1v) is 12.7. The second-order valence-electron chi connectivity index (χ2n) is 12.7. The molecule has 3 fully saturated rings. The number of hydrogen-bond acceptors (Lipinski definition) is 6. The van der Waals surface area contributed by atoms with Crippen LogP contribution in [0.2, 0.25) is 0 Å². The predicted molar refractivity (Wildman–Crippen MR) is 129 cm³/mol. The van der Waals surface area contributed by atoms with Gasteiger partial charge in [-0.15, -0.1) is 0 Å². The van der Waals surface area contributed by atoms with Crippen molar-refractivity contribution in [3.05, 3.63) is 16.7 Å². The zero-order chi connectivity index (χ0) is 25.4. The number of rotatable bonds is 6. The Labute approximate surface area is 202 Å². The number of benzene rings is 1. The van der Waals surface area contributed by atoms with E-state index >= 15 is 0 Å². The van der Waals surface area contributed by atoms with Crippen LogP contribution in [-0.4, -0.2) is 38.6 Å². The van der Waals surface area contributed by atoms with Crippen molar-refractivity contribution >= 4 is 12.6 Å². The average molecular weight is 473 g/mol. The number of aromatic hydroxyl groups is 3. The second kappa shape index (κ2) is 7.97. The molecular weight excluding hydrogens is 432 g/mol. The fourth-order valence-corrected chi connectivity index (χ4v) is 8.23. The first-order valence-electron chi connectivity index (χ1n) is 12.7. The van der Waals surface area contributed by atoms with Crippen LogP contribution < -0.4 is 0 Å². The summed E-state index contributed by atoms with van der Waals surface area (Å²) >= 11 is 0. The number of carbonyl (C=O) groups is 2. The fourth-order valence-electron chi connectivity index (χ4n) is 8.23. The van der Waals surface area contributed by atoms with Gasteiger partial charge in [-0.3, -0.25) is 9.59 Å². The van der Waals surface area contributed by atoms with Gasteiger partial charge in [-0.1, -0.05) is 34.6 Å². The first-order chi connectivity index (χ1) is 15.7. The molecular formula is C28H40O6. The van der Waals surface area contributed by atoms with Gasteiger partial charge >= 0.3 is 0 Å². The third-order valence-electron chi connectivity index (χ3n) is 10.1. The largest absolute Gasteiger partial charge is 0.507 e. The quantitative estimate of drug-likeness (QED) is 0.412. The van der Waals surface area contributed by atoms with Gasteiger partial charge in [0.25, 0.3) is 0 Å². The van der Waals surface area contributed by atoms with E-state index in [1.165, 1.54) is 0 Å². The van der Waals surface area contributed by atoms with E-state index in [0.29, 0.717) is 30.8 Å². The summed E-state index contributed by atoms with van der Waals surface area (Å²) in [5, 5.41) is 44.1. The molecule has 6 heteroatoms. The Bertz CT molecular complexity index is 974. The average Bonchev–Trinajstić information content (AvgIpc) is 3.13. The van der Waals surface area contributed by atoms with Crippen LogP contribution in [0.1, 0.15) is 106 Å². The highest BCUT2D eigenvalue weighted by Crippen LogP contribution is 2.76. The molecule has 3 aliphatic carbocycles. The van der Waals surface area contributed by atoms with Gasteiger partial charge in [0.2, 0.25) is 0 Å². The number of phenolic OH excluding ortho intramolecular Hbond substituents is 3. The Kier molecular flexibility index (Phi) is 5.87. The van der Waals surface area contributed by atoms with Crippen molar-refractivity contribution in [1.82, 2.24) is 0 Å². The Hall–Kier alpha value is -2.08. The van der Waals surface area contributed by atoms with E-state index in [1.807, 2.05) is 6.92 Å². The lowest BCUT2D eigenvalue weighted by Gasteiger charge is -2.45. The summed E-state index contributed by atoms with van der Waals surface area (Å²) in [4.78, 5) is 23.6. The van der Waals surface area contributed by atoms with Gasteiger partial charge in [0.15, 0.2) is 12.6 Å². The molecule has 0 bridgehead atoms. The number of aldehydes is 2. The lowest BCUT2D eigenvalue weighted by molar-refractivity contribution is -0.0441. The third kappa shape index (κ3) is 3.39. The number of aliphatic hydroxyl groups is 1. The molecule has 4 N–H and O–H groups in total. The Balaban J connectivity index is 1.94. The Morgan fingerprint density at radius 1 is 0.853 bits per heavy atom. The highest BCUT2D eigenvalue weighted by molar-refractivity contribution is 5.95. The van der Waals surface area contributed by atoms with E-state index in [-0.39, 0.29) is 51.2 Å². The van der Waals surface area contributed by atoms with Crippen molar-refractivity contribution in [3.63, 3.8) is 0 Å². The third-order valence-corrected chi connectivity index (χ3v) is 10.1. The zero-order valence-corrected chi connectivity index (χ0v) is 21.3. The molecule has 0 spiro atoms. The van der Waals surface area contributed by atoms with Crippen LogP contribution in [-0.2, 0) is 0 Å². The molecule has 188 valence electrons. The lowest BCUT2D eigenvalue weighted by atomic mass is 9.59. The maximum Gasteiger partial charge on any atom is 0.157 e. The molecule has 3 aliphatic rings. The van der Waals surface area contributed by atoms with Gasteiger partial charge in [-0.05, 0) is 85.4 Å².